The van der Waals surface area contributed by atoms with Gasteiger partial charge in [0.1, 0.15) is 0 Å². The van der Waals surface area contributed by atoms with Gasteiger partial charge in [0.2, 0.25) is 0 Å². The minimum atomic E-state index is 0.179. The molecule has 2 aliphatic rings. The van der Waals surface area contributed by atoms with Crippen molar-refractivity contribution in [3.63, 3.8) is 0 Å². The molecule has 2 rings (SSSR count). The first-order valence-corrected chi connectivity index (χ1v) is 7.57. The van der Waals surface area contributed by atoms with E-state index in [1.807, 2.05) is 6.08 Å². The van der Waals surface area contributed by atoms with Crippen molar-refractivity contribution >= 4 is 5.96 Å². The van der Waals surface area contributed by atoms with Gasteiger partial charge in [0, 0.05) is 6.54 Å². The lowest BCUT2D eigenvalue weighted by Gasteiger charge is -2.38. The van der Waals surface area contributed by atoms with E-state index in [0.717, 1.165) is 19.0 Å². The Balaban J connectivity index is 2.12. The number of aliphatic imine (C=N–C) groups is 1. The first-order chi connectivity index (χ1) is 8.89. The average molecular weight is 263 g/mol. The monoisotopic (exact) mass is 263 g/mol. The smallest absolute Gasteiger partial charge is 0.192 e. The van der Waals surface area contributed by atoms with Crippen LogP contribution in [0.3, 0.4) is 0 Å². The molecule has 1 aliphatic heterocycles. The van der Waals surface area contributed by atoms with Crippen molar-refractivity contribution in [3.05, 3.63) is 12.7 Å². The van der Waals surface area contributed by atoms with Crippen LogP contribution in [0.25, 0.3) is 0 Å². The maximum absolute atomic E-state index is 6.07. The second kappa shape index (κ2) is 5.18. The quantitative estimate of drug-likeness (QED) is 0.778. The fraction of sp³-hybridized carbons (Fsp3) is 0.812. The van der Waals surface area contributed by atoms with Crippen molar-refractivity contribution in [2.45, 2.75) is 58.4 Å². The number of rotatable bonds is 2. The summed E-state index contributed by atoms with van der Waals surface area (Å²) in [5.74, 6) is 1.54. The topological polar surface area (TPSA) is 41.6 Å². The predicted octanol–water partition coefficient (Wildman–Crippen LogP) is 3.17. The van der Waals surface area contributed by atoms with E-state index in [1.165, 1.54) is 32.1 Å². The number of nitrogens with two attached hydrogens (primary N) is 1. The number of guanidine groups is 1. The van der Waals surface area contributed by atoms with Gasteiger partial charge in [-0.2, -0.15) is 0 Å². The third-order valence-corrected chi connectivity index (χ3v) is 5.07. The van der Waals surface area contributed by atoms with Crippen LogP contribution in [0.15, 0.2) is 17.6 Å². The molecule has 2 unspecified atom stereocenters. The van der Waals surface area contributed by atoms with Crippen molar-refractivity contribution in [2.75, 3.05) is 13.1 Å². The molecule has 0 aromatic rings. The second-order valence-corrected chi connectivity index (χ2v) is 7.29. The standard InChI is InChI=1S/C16H29N3/c1-5-11-19-14(17)18-12-16(19)9-6-7-13(8-10-16)15(2,3)4/h5,13H,1,6-12H2,2-4H3,(H2,17,18). The predicted molar refractivity (Wildman–Crippen MR) is 82.2 cm³/mol. The summed E-state index contributed by atoms with van der Waals surface area (Å²) in [6, 6.07) is 0. The summed E-state index contributed by atoms with van der Waals surface area (Å²) in [7, 11) is 0. The molecule has 1 fully saturated rings. The molecule has 2 atom stereocenters. The zero-order valence-electron chi connectivity index (χ0n) is 12.8. The zero-order chi connectivity index (χ0) is 14.1. The van der Waals surface area contributed by atoms with Gasteiger partial charge in [0.25, 0.3) is 0 Å². The van der Waals surface area contributed by atoms with E-state index in [9.17, 15) is 0 Å². The molecule has 1 heterocycles. The summed E-state index contributed by atoms with van der Waals surface area (Å²) < 4.78 is 0. The molecule has 1 spiro atoms. The van der Waals surface area contributed by atoms with Gasteiger partial charge >= 0.3 is 0 Å². The molecule has 0 aromatic carbocycles. The van der Waals surface area contributed by atoms with Gasteiger partial charge in [-0.25, -0.2) is 0 Å². The third kappa shape index (κ3) is 2.80. The Bertz CT molecular complexity index is 367. The van der Waals surface area contributed by atoms with Gasteiger partial charge in [-0.3, -0.25) is 4.99 Å². The first-order valence-electron chi connectivity index (χ1n) is 7.57. The molecule has 108 valence electrons. The van der Waals surface area contributed by atoms with E-state index < -0.39 is 0 Å². The van der Waals surface area contributed by atoms with Crippen LogP contribution in [0.5, 0.6) is 0 Å². The van der Waals surface area contributed by atoms with Crippen molar-refractivity contribution in [3.8, 4) is 0 Å². The summed E-state index contributed by atoms with van der Waals surface area (Å²) in [6.07, 6.45) is 8.30. The maximum atomic E-state index is 6.07. The van der Waals surface area contributed by atoms with E-state index >= 15 is 0 Å². The van der Waals surface area contributed by atoms with Crippen LogP contribution in [-0.4, -0.2) is 29.5 Å². The highest BCUT2D eigenvalue weighted by molar-refractivity contribution is 5.81. The van der Waals surface area contributed by atoms with Crippen molar-refractivity contribution in [1.29, 1.82) is 0 Å². The molecule has 1 aliphatic carbocycles. The fourth-order valence-electron chi connectivity index (χ4n) is 3.74. The minimum absolute atomic E-state index is 0.179. The fourth-order valence-corrected chi connectivity index (χ4v) is 3.74. The molecule has 0 amide bonds. The van der Waals surface area contributed by atoms with E-state index in [0.29, 0.717) is 11.4 Å². The van der Waals surface area contributed by atoms with Gasteiger partial charge in [0.05, 0.1) is 12.1 Å². The lowest BCUT2D eigenvalue weighted by molar-refractivity contribution is 0.172. The Kier molecular flexibility index (Phi) is 3.93. The summed E-state index contributed by atoms with van der Waals surface area (Å²) in [6.45, 7) is 12.7. The van der Waals surface area contributed by atoms with Crippen LogP contribution >= 0.6 is 0 Å². The Labute approximate surface area is 118 Å². The molecule has 3 heteroatoms. The second-order valence-electron chi connectivity index (χ2n) is 7.29. The average Bonchev–Trinajstić information content (AvgIpc) is 2.53. The van der Waals surface area contributed by atoms with E-state index in [4.69, 9.17) is 5.73 Å². The highest BCUT2D eigenvalue weighted by Crippen LogP contribution is 2.43. The molecular weight excluding hydrogens is 234 g/mol. The normalized spacial score (nSPS) is 32.3. The highest BCUT2D eigenvalue weighted by atomic mass is 15.4. The van der Waals surface area contributed by atoms with Crippen molar-refractivity contribution in [1.82, 2.24) is 4.90 Å². The van der Waals surface area contributed by atoms with Gasteiger partial charge in [-0.1, -0.05) is 33.3 Å². The Morgan fingerprint density at radius 2 is 2.16 bits per heavy atom. The van der Waals surface area contributed by atoms with E-state index in [-0.39, 0.29) is 5.54 Å². The summed E-state index contributed by atoms with van der Waals surface area (Å²) in [5.41, 5.74) is 6.67. The van der Waals surface area contributed by atoms with E-state index in [1.54, 1.807) is 0 Å². The SMILES string of the molecule is C=CCN1C(N)=NCC12CCCC(C(C)(C)C)CC2. The van der Waals surface area contributed by atoms with Gasteiger partial charge in [0.15, 0.2) is 5.96 Å². The molecule has 2 N–H and O–H groups in total. The molecular formula is C16H29N3. The minimum Gasteiger partial charge on any atom is -0.370 e. The maximum Gasteiger partial charge on any atom is 0.192 e. The van der Waals surface area contributed by atoms with Crippen molar-refractivity contribution < 1.29 is 0 Å². The molecule has 0 radical (unpaired) electrons. The number of hydrogen-bond acceptors (Lipinski definition) is 3. The first kappa shape index (κ1) is 14.4. The zero-order valence-corrected chi connectivity index (χ0v) is 12.8. The Morgan fingerprint density at radius 3 is 2.79 bits per heavy atom. The van der Waals surface area contributed by atoms with Crippen molar-refractivity contribution in [2.24, 2.45) is 22.1 Å². The van der Waals surface area contributed by atoms with Crippen LogP contribution in [-0.2, 0) is 0 Å². The van der Waals surface area contributed by atoms with Gasteiger partial charge in [-0.05, 0) is 37.0 Å². The summed E-state index contributed by atoms with van der Waals surface area (Å²) >= 11 is 0. The van der Waals surface area contributed by atoms with E-state index in [2.05, 4.69) is 37.2 Å². The largest absolute Gasteiger partial charge is 0.370 e. The van der Waals surface area contributed by atoms with Crippen LogP contribution in [0.1, 0.15) is 52.9 Å². The molecule has 3 nitrogen and oxygen atoms in total. The van der Waals surface area contributed by atoms with Gasteiger partial charge < -0.3 is 10.6 Å². The Morgan fingerprint density at radius 1 is 1.42 bits per heavy atom. The van der Waals surface area contributed by atoms with Crippen LogP contribution < -0.4 is 5.73 Å². The molecule has 0 bridgehead atoms. The third-order valence-electron chi connectivity index (χ3n) is 5.07. The Hall–Kier alpha value is -0.990. The number of hydrogen-bond donors (Lipinski definition) is 1. The highest BCUT2D eigenvalue weighted by Gasteiger charge is 2.43. The summed E-state index contributed by atoms with van der Waals surface area (Å²) in [5, 5.41) is 0. The summed E-state index contributed by atoms with van der Waals surface area (Å²) in [4.78, 5) is 6.81. The van der Waals surface area contributed by atoms with Crippen LogP contribution in [0.2, 0.25) is 0 Å². The van der Waals surface area contributed by atoms with Gasteiger partial charge in [-0.15, -0.1) is 6.58 Å². The molecule has 0 aromatic heterocycles. The molecule has 1 saturated carbocycles. The van der Waals surface area contributed by atoms with Crippen LogP contribution in [0, 0.1) is 11.3 Å². The lowest BCUT2D eigenvalue weighted by Crippen LogP contribution is -2.51. The molecule has 0 saturated heterocycles. The lowest BCUT2D eigenvalue weighted by atomic mass is 9.76. The molecule has 19 heavy (non-hydrogen) atoms. The van der Waals surface area contributed by atoms with Crippen LogP contribution in [0.4, 0.5) is 0 Å². The number of nitrogens with zero attached hydrogens (tertiary/aromatic N) is 2.